The zero-order valence-electron chi connectivity index (χ0n) is 13.1. The van der Waals surface area contributed by atoms with Crippen LogP contribution in [0.5, 0.6) is 0 Å². The molecule has 7 nitrogen and oxygen atoms in total. The van der Waals surface area contributed by atoms with Gasteiger partial charge in [0.05, 0.1) is 23.9 Å². The minimum atomic E-state index is -0.434. The minimum Gasteiger partial charge on any atom is -0.358 e. The van der Waals surface area contributed by atoms with E-state index in [0.29, 0.717) is 5.69 Å². The van der Waals surface area contributed by atoms with Gasteiger partial charge >= 0.3 is 6.03 Å². The molecule has 0 saturated heterocycles. The topological polar surface area (TPSA) is 88.0 Å². The lowest BCUT2D eigenvalue weighted by Crippen LogP contribution is -2.37. The molecule has 2 aromatic carbocycles. The number of benzene rings is 2. The zero-order valence-corrected chi connectivity index (χ0v) is 13.1. The number of nitrogens with zero attached hydrogens (tertiary/aromatic N) is 2. The summed E-state index contributed by atoms with van der Waals surface area (Å²) < 4.78 is 1.84. The summed E-state index contributed by atoms with van der Waals surface area (Å²) in [6.45, 7) is -0.0697. The number of anilines is 1. The standard InChI is InChI=1S/C17H17N5O2/c1-18-16(23)11-19-17(24)21-13-6-8-14(9-7-13)22-15-5-3-2-4-12(15)10-20-22/h2-10H,11H2,1H3,(H,18,23)(H2,19,21,24). The van der Waals surface area contributed by atoms with E-state index in [1.165, 1.54) is 7.05 Å². The summed E-state index contributed by atoms with van der Waals surface area (Å²) in [5, 5.41) is 13.0. The Bertz CT molecular complexity index is 870. The van der Waals surface area contributed by atoms with Crippen molar-refractivity contribution in [1.29, 1.82) is 0 Å². The fraction of sp³-hybridized carbons (Fsp3) is 0.118. The highest BCUT2D eigenvalue weighted by molar-refractivity contribution is 5.92. The Hall–Kier alpha value is -3.35. The van der Waals surface area contributed by atoms with Gasteiger partial charge in [-0.3, -0.25) is 4.79 Å². The molecule has 0 atom stereocenters. The van der Waals surface area contributed by atoms with Crippen LogP contribution in [-0.4, -0.2) is 35.3 Å². The van der Waals surface area contributed by atoms with Gasteiger partial charge < -0.3 is 16.0 Å². The molecule has 122 valence electrons. The van der Waals surface area contributed by atoms with Gasteiger partial charge in [0.15, 0.2) is 0 Å². The van der Waals surface area contributed by atoms with E-state index in [9.17, 15) is 9.59 Å². The Morgan fingerprint density at radius 3 is 2.58 bits per heavy atom. The summed E-state index contributed by atoms with van der Waals surface area (Å²) in [5.41, 5.74) is 2.54. The second kappa shape index (κ2) is 6.82. The predicted octanol–water partition coefficient (Wildman–Crippen LogP) is 1.89. The number of hydrogen-bond acceptors (Lipinski definition) is 3. The van der Waals surface area contributed by atoms with Crippen LogP contribution in [0.3, 0.4) is 0 Å². The van der Waals surface area contributed by atoms with Crippen molar-refractivity contribution >= 4 is 28.5 Å². The Balaban J connectivity index is 1.69. The lowest BCUT2D eigenvalue weighted by molar-refractivity contribution is -0.119. The fourth-order valence-electron chi connectivity index (χ4n) is 2.29. The van der Waals surface area contributed by atoms with Crippen molar-refractivity contribution in [2.24, 2.45) is 0 Å². The molecule has 3 N–H and O–H groups in total. The fourth-order valence-corrected chi connectivity index (χ4v) is 2.29. The van der Waals surface area contributed by atoms with E-state index in [1.54, 1.807) is 12.1 Å². The number of carbonyl (C=O) groups excluding carboxylic acids is 2. The maximum atomic E-state index is 11.7. The van der Waals surface area contributed by atoms with Crippen molar-refractivity contribution in [3.63, 3.8) is 0 Å². The quantitative estimate of drug-likeness (QED) is 0.685. The Kier molecular flexibility index (Phi) is 4.42. The van der Waals surface area contributed by atoms with Crippen LogP contribution in [0, 0.1) is 0 Å². The lowest BCUT2D eigenvalue weighted by Gasteiger charge is -2.08. The first-order valence-corrected chi connectivity index (χ1v) is 7.46. The molecular weight excluding hydrogens is 306 g/mol. The summed E-state index contributed by atoms with van der Waals surface area (Å²) in [6, 6.07) is 14.8. The molecule has 3 rings (SSSR count). The summed E-state index contributed by atoms with van der Waals surface area (Å²) in [6.07, 6.45) is 1.81. The molecule has 1 aromatic heterocycles. The molecule has 0 aliphatic rings. The highest BCUT2D eigenvalue weighted by atomic mass is 16.2. The summed E-state index contributed by atoms with van der Waals surface area (Å²) in [7, 11) is 1.51. The third-order valence-corrected chi connectivity index (χ3v) is 3.54. The number of para-hydroxylation sites is 1. The number of rotatable bonds is 4. The number of fused-ring (bicyclic) bond motifs is 1. The van der Waals surface area contributed by atoms with Gasteiger partial charge in [0.25, 0.3) is 0 Å². The molecule has 0 radical (unpaired) electrons. The van der Waals surface area contributed by atoms with E-state index in [4.69, 9.17) is 0 Å². The molecule has 1 heterocycles. The van der Waals surface area contributed by atoms with Crippen molar-refractivity contribution in [3.8, 4) is 5.69 Å². The largest absolute Gasteiger partial charge is 0.358 e. The summed E-state index contributed by atoms with van der Waals surface area (Å²) >= 11 is 0. The van der Waals surface area contributed by atoms with Crippen molar-refractivity contribution in [1.82, 2.24) is 20.4 Å². The van der Waals surface area contributed by atoms with Gasteiger partial charge in [0.2, 0.25) is 5.91 Å². The third kappa shape index (κ3) is 3.35. The van der Waals surface area contributed by atoms with Gasteiger partial charge in [-0.1, -0.05) is 18.2 Å². The predicted molar refractivity (Wildman–Crippen MR) is 92.2 cm³/mol. The highest BCUT2D eigenvalue weighted by Crippen LogP contribution is 2.19. The van der Waals surface area contributed by atoms with Crippen LogP contribution in [0.1, 0.15) is 0 Å². The molecule has 0 spiro atoms. The van der Waals surface area contributed by atoms with Crippen LogP contribution in [0.4, 0.5) is 10.5 Å². The number of nitrogens with one attached hydrogen (secondary N) is 3. The van der Waals surface area contributed by atoms with Crippen LogP contribution in [0.25, 0.3) is 16.6 Å². The molecule has 7 heteroatoms. The van der Waals surface area contributed by atoms with Gasteiger partial charge in [0.1, 0.15) is 0 Å². The number of hydrogen-bond donors (Lipinski definition) is 3. The number of urea groups is 1. The molecule has 0 aliphatic heterocycles. The monoisotopic (exact) mass is 323 g/mol. The summed E-state index contributed by atoms with van der Waals surface area (Å²) in [5.74, 6) is -0.258. The zero-order chi connectivity index (χ0) is 16.9. The smallest absolute Gasteiger partial charge is 0.319 e. The molecule has 3 amide bonds. The summed E-state index contributed by atoms with van der Waals surface area (Å²) in [4.78, 5) is 22.8. The first-order valence-electron chi connectivity index (χ1n) is 7.46. The van der Waals surface area contributed by atoms with E-state index in [0.717, 1.165) is 16.6 Å². The number of carbonyl (C=O) groups is 2. The first kappa shape index (κ1) is 15.5. The van der Waals surface area contributed by atoms with Gasteiger partial charge in [-0.05, 0) is 30.3 Å². The number of amides is 3. The molecule has 0 fully saturated rings. The average Bonchev–Trinajstić information content (AvgIpc) is 3.04. The SMILES string of the molecule is CNC(=O)CNC(=O)Nc1ccc(-n2ncc3ccccc32)cc1. The van der Waals surface area contributed by atoms with Crippen LogP contribution >= 0.6 is 0 Å². The van der Waals surface area contributed by atoms with Crippen molar-refractivity contribution in [3.05, 3.63) is 54.7 Å². The minimum absolute atomic E-state index is 0.0697. The average molecular weight is 323 g/mol. The van der Waals surface area contributed by atoms with Crippen LogP contribution in [0.15, 0.2) is 54.7 Å². The van der Waals surface area contributed by atoms with Gasteiger partial charge in [0, 0.05) is 18.1 Å². The van der Waals surface area contributed by atoms with Crippen molar-refractivity contribution in [2.75, 3.05) is 18.9 Å². The van der Waals surface area contributed by atoms with Crippen LogP contribution < -0.4 is 16.0 Å². The first-order chi connectivity index (χ1) is 11.7. The molecule has 0 saturated carbocycles. The molecule has 24 heavy (non-hydrogen) atoms. The van der Waals surface area contributed by atoms with E-state index >= 15 is 0 Å². The molecule has 3 aromatic rings. The van der Waals surface area contributed by atoms with E-state index < -0.39 is 6.03 Å². The van der Waals surface area contributed by atoms with Gasteiger partial charge in [-0.2, -0.15) is 5.10 Å². The van der Waals surface area contributed by atoms with Gasteiger partial charge in [-0.15, -0.1) is 0 Å². The normalized spacial score (nSPS) is 10.4. The van der Waals surface area contributed by atoms with E-state index in [2.05, 4.69) is 21.0 Å². The van der Waals surface area contributed by atoms with Crippen LogP contribution in [-0.2, 0) is 4.79 Å². The highest BCUT2D eigenvalue weighted by Gasteiger charge is 2.06. The second-order valence-corrected chi connectivity index (χ2v) is 5.14. The van der Waals surface area contributed by atoms with Crippen molar-refractivity contribution < 1.29 is 9.59 Å². The molecular formula is C17H17N5O2. The molecule has 0 bridgehead atoms. The Morgan fingerprint density at radius 1 is 1.08 bits per heavy atom. The third-order valence-electron chi connectivity index (χ3n) is 3.54. The number of likely N-dealkylation sites (N-methyl/N-ethyl adjacent to an activating group) is 1. The van der Waals surface area contributed by atoms with E-state index in [-0.39, 0.29) is 12.5 Å². The van der Waals surface area contributed by atoms with Crippen LogP contribution in [0.2, 0.25) is 0 Å². The Morgan fingerprint density at radius 2 is 1.83 bits per heavy atom. The number of aromatic nitrogens is 2. The Labute approximate surface area is 138 Å². The molecule has 0 aliphatic carbocycles. The van der Waals surface area contributed by atoms with Gasteiger partial charge in [-0.25, -0.2) is 9.48 Å². The lowest BCUT2D eigenvalue weighted by atomic mass is 10.2. The van der Waals surface area contributed by atoms with Crippen molar-refractivity contribution in [2.45, 2.75) is 0 Å². The second-order valence-electron chi connectivity index (χ2n) is 5.14. The maximum Gasteiger partial charge on any atom is 0.319 e. The molecule has 0 unspecified atom stereocenters. The van der Waals surface area contributed by atoms with E-state index in [1.807, 2.05) is 47.3 Å². The maximum absolute atomic E-state index is 11.7.